The second kappa shape index (κ2) is 38.1. The molecule has 8 rings (SSSR count). The molecule has 11 heteroatoms. The SMILES string of the molecule is N#[O+].N#[O+].[CH-]=O.[Mn].[Mn].[c-]1[c-][c-][cH-][c-]1.[c-]1[c-][c-][cH-][c-]1.c1ccc([PH+](CC[PH+](CC[PH+](c2ccccc2)c2ccccc2)CC[PH+](c2ccccc2)c2ccccc2)c2ccccc2)cc1. The van der Waals surface area contributed by atoms with Crippen molar-refractivity contribution in [2.75, 3.05) is 37.0 Å². The van der Waals surface area contributed by atoms with Crippen LogP contribution in [0.3, 0.4) is 0 Å². The smallest absolute Gasteiger partial charge is 0.0999 e. The van der Waals surface area contributed by atoms with Crippen LogP contribution in [-0.2, 0) is 48.5 Å². The first-order chi connectivity index (χ1) is 30.8. The Labute approximate surface area is 406 Å². The van der Waals surface area contributed by atoms with Crippen molar-refractivity contribution in [3.8, 4) is 0 Å². The Morgan fingerprint density at radius 1 is 0.344 bits per heavy atom. The van der Waals surface area contributed by atoms with Gasteiger partial charge in [-0.25, -0.2) is 0 Å². The zero-order valence-corrected chi connectivity index (χ0v) is 41.5. The molecule has 0 fully saturated rings. The normalized spacial score (nSPS) is 9.62. The molecule has 0 unspecified atom stereocenters. The summed E-state index contributed by atoms with van der Waals surface area (Å²) < 4.78 is 14.5. The van der Waals surface area contributed by atoms with Gasteiger partial charge in [0.15, 0.2) is 0 Å². The molecule has 0 amide bonds. The van der Waals surface area contributed by atoms with Gasteiger partial charge in [0.05, 0.1) is 92.6 Å². The Balaban J connectivity index is 0.000000976. The Kier molecular flexibility index (Phi) is 34.4. The maximum absolute atomic E-state index is 7.75. The van der Waals surface area contributed by atoms with E-state index in [1.54, 1.807) is 44.0 Å². The molecule has 64 heavy (non-hydrogen) atoms. The number of nitrogens with zero attached hydrogens (tertiary/aromatic N) is 2. The predicted molar refractivity (Wildman–Crippen MR) is 265 cm³/mol. The van der Waals surface area contributed by atoms with Crippen molar-refractivity contribution < 1.29 is 48.5 Å². The summed E-state index contributed by atoms with van der Waals surface area (Å²) in [5.41, 5.74) is 11.5. The molecule has 0 N–H and O–H groups in total. The van der Waals surface area contributed by atoms with Gasteiger partial charge in [0.25, 0.3) is 0 Å². The molecule has 0 aliphatic rings. The van der Waals surface area contributed by atoms with Gasteiger partial charge in [-0.1, -0.05) is 109 Å². The minimum absolute atomic E-state index is 0. The molecular weight excluding hydrogens is 946 g/mol. The molecule has 8 aromatic rings. The second-order valence-electron chi connectivity index (χ2n) is 13.2. The largest absolute Gasteiger partial charge is 0.999 e. The number of hydrogen-bond donors (Lipinski definition) is 0. The molecule has 0 bridgehead atoms. The van der Waals surface area contributed by atoms with Crippen molar-refractivity contribution in [1.29, 1.82) is 10.9 Å². The monoisotopic (exact) mass is 995 g/mol. The fraction of sp³-hybridized carbons (Fsp3) is 0.113. The first-order valence-electron chi connectivity index (χ1n) is 19.8. The molecule has 2 radical (unpaired) electrons. The first-order valence-corrected chi connectivity index (χ1v) is 27.1. The van der Waals surface area contributed by atoms with Crippen LogP contribution < -0.4 is 31.8 Å². The molecule has 0 spiro atoms. The van der Waals surface area contributed by atoms with Crippen molar-refractivity contribution in [1.82, 2.24) is 0 Å². The van der Waals surface area contributed by atoms with E-state index in [0.29, 0.717) is 0 Å². The zero-order chi connectivity index (χ0) is 44.3. The Morgan fingerprint density at radius 3 is 0.656 bits per heavy atom. The van der Waals surface area contributed by atoms with Gasteiger partial charge in [0.2, 0.25) is 0 Å². The second-order valence-corrected chi connectivity index (χ2v) is 24.1. The summed E-state index contributed by atoms with van der Waals surface area (Å²) in [6.45, 7) is 3.25. The first kappa shape index (κ1) is 57.8. The van der Waals surface area contributed by atoms with E-state index in [0.717, 1.165) is 0 Å². The van der Waals surface area contributed by atoms with Gasteiger partial charge < -0.3 is 65.5 Å². The molecule has 0 aliphatic heterocycles. The Hall–Kier alpha value is -4.21. The Morgan fingerprint density at radius 2 is 0.516 bits per heavy atom. The molecule has 0 heterocycles. The standard InChI is InChI=1S/C42H42P4.2C5H.CHO.2Mn.2NO/c1-7-19-37(20-8-1)44(38-21-9-2-10-22-38)34-31-43(32-35-45(39-23-11-3-12-24-39)40-25-13-4-14-26-40)33-36-46(41-27-15-5-16-28-41)42-29-17-6-18-30-42;2*1-2-4-5-3-1;1-2;;;2*1-2/h1-30H,31-36H2;2*1H;1H;;;;/q;2*-5;-1;;;2*+1/p+4. The van der Waals surface area contributed by atoms with E-state index < -0.39 is 31.7 Å². The van der Waals surface area contributed by atoms with Crippen LogP contribution in [0.1, 0.15) is 0 Å². The van der Waals surface area contributed by atoms with Crippen LogP contribution in [0.4, 0.5) is 0 Å². The number of hydrogen-bond acceptors (Lipinski definition) is 3. The van der Waals surface area contributed by atoms with Gasteiger partial charge in [-0.2, -0.15) is 0 Å². The molecule has 5 nitrogen and oxygen atoms in total. The predicted octanol–water partition coefficient (Wildman–Crippen LogP) is 8.52. The fourth-order valence-corrected chi connectivity index (χ4v) is 21.1. The van der Waals surface area contributed by atoms with E-state index in [1.165, 1.54) is 37.0 Å². The average Bonchev–Trinajstić information content (AvgIpc) is 4.17. The minimum atomic E-state index is -0.835. The topological polar surface area (TPSA) is 104 Å². The third-order valence-electron chi connectivity index (χ3n) is 9.62. The summed E-state index contributed by atoms with van der Waals surface area (Å²) in [5.74, 6) is 0. The molecule has 0 aromatic heterocycles. The fourth-order valence-electron chi connectivity index (χ4n) is 6.84. The zero-order valence-electron chi connectivity index (χ0n) is 35.2. The van der Waals surface area contributed by atoms with Crippen molar-refractivity contribution in [3.05, 3.63) is 243 Å². The summed E-state index contributed by atoms with van der Waals surface area (Å²) in [5, 5.41) is 9.31. The van der Waals surface area contributed by atoms with Crippen molar-refractivity contribution in [2.24, 2.45) is 0 Å². The third-order valence-corrected chi connectivity index (χ3v) is 22.4. The molecule has 8 aromatic carbocycles. The van der Waals surface area contributed by atoms with E-state index >= 15 is 0 Å². The van der Waals surface area contributed by atoms with Crippen molar-refractivity contribution >= 4 is 70.3 Å². The van der Waals surface area contributed by atoms with Crippen LogP contribution in [0, 0.1) is 59.5 Å². The van der Waals surface area contributed by atoms with Crippen LogP contribution in [0.2, 0.25) is 0 Å². The molecule has 0 saturated heterocycles. The van der Waals surface area contributed by atoms with Crippen molar-refractivity contribution in [3.63, 3.8) is 0 Å². The molecule has 328 valence electrons. The average molecular weight is 996 g/mol. The summed E-state index contributed by atoms with van der Waals surface area (Å²) in [7, 11) is -3.10. The third kappa shape index (κ3) is 21.6. The van der Waals surface area contributed by atoms with Gasteiger partial charge in [-0.05, 0) is 72.8 Å². The quantitative estimate of drug-likeness (QED) is 0.0338. The summed E-state index contributed by atoms with van der Waals surface area (Å²) in [4.78, 5) is 7.75. The van der Waals surface area contributed by atoms with Gasteiger partial charge >= 0.3 is 20.5 Å². The van der Waals surface area contributed by atoms with E-state index in [-0.39, 0.29) is 34.1 Å². The number of carbonyl (C=O) groups excluding carboxylic acids is 1. The van der Waals surface area contributed by atoms with E-state index in [1.807, 2.05) is 0 Å². The number of benzene rings is 6. The molecule has 0 aliphatic carbocycles. The summed E-state index contributed by atoms with van der Waals surface area (Å²) in [6, 6.07) is 92.4. The summed E-state index contributed by atoms with van der Waals surface area (Å²) >= 11 is 0. The molecule has 0 saturated carbocycles. The maximum atomic E-state index is 7.75. The van der Waals surface area contributed by atoms with E-state index in [4.69, 9.17) is 25.3 Å². The van der Waals surface area contributed by atoms with Crippen LogP contribution >= 0.6 is 31.7 Å². The Bertz CT molecular complexity index is 1850. The minimum Gasteiger partial charge on any atom is -0.999 e. The van der Waals surface area contributed by atoms with Gasteiger partial charge in [-0.3, -0.25) is 6.79 Å². The number of rotatable bonds is 15. The van der Waals surface area contributed by atoms with Gasteiger partial charge in [-0.15, -0.1) is 0 Å². The van der Waals surface area contributed by atoms with Crippen LogP contribution in [0.15, 0.2) is 194 Å². The maximum Gasteiger partial charge on any atom is 0.0999 e. The van der Waals surface area contributed by atoms with Crippen LogP contribution in [0.25, 0.3) is 0 Å². The molecule has 0 atom stereocenters. The van der Waals surface area contributed by atoms with E-state index in [2.05, 4.69) is 237 Å². The van der Waals surface area contributed by atoms with E-state index in [9.17, 15) is 0 Å². The molecular formula is C53H49Mn2N2O3P4-5. The summed E-state index contributed by atoms with van der Waals surface area (Å²) in [6.07, 6.45) is 8.14. The van der Waals surface area contributed by atoms with Crippen LogP contribution in [-0.4, -0.2) is 43.8 Å². The van der Waals surface area contributed by atoms with Gasteiger partial charge in [0, 0.05) is 42.1 Å². The van der Waals surface area contributed by atoms with Crippen molar-refractivity contribution in [2.45, 2.75) is 0 Å². The van der Waals surface area contributed by atoms with Gasteiger partial charge in [0.1, 0.15) is 0 Å². The van der Waals surface area contributed by atoms with Crippen LogP contribution in [0.5, 0.6) is 0 Å².